The summed E-state index contributed by atoms with van der Waals surface area (Å²) >= 11 is 0. The third-order valence-corrected chi connectivity index (χ3v) is 3.52. The van der Waals surface area contributed by atoms with Gasteiger partial charge in [-0.1, -0.05) is 13.8 Å². The topological polar surface area (TPSA) is 53.7 Å². The van der Waals surface area contributed by atoms with Crippen LogP contribution in [-0.4, -0.2) is 29.1 Å². The van der Waals surface area contributed by atoms with Gasteiger partial charge in [0.15, 0.2) is 0 Å². The van der Waals surface area contributed by atoms with Crippen molar-refractivity contribution in [1.82, 2.24) is 4.90 Å². The number of nitrogens with zero attached hydrogens (tertiary/aromatic N) is 1. The maximum Gasteiger partial charge on any atom is 0.339 e. The van der Waals surface area contributed by atoms with Crippen LogP contribution in [0, 0.1) is 18.8 Å². The predicted octanol–water partition coefficient (Wildman–Crippen LogP) is 2.76. The summed E-state index contributed by atoms with van der Waals surface area (Å²) in [5.41, 5.74) is 0.281. The third kappa shape index (κ3) is 2.93. The van der Waals surface area contributed by atoms with Crippen LogP contribution < -0.4 is 0 Å². The first-order valence-electron chi connectivity index (χ1n) is 6.50. The second-order valence-corrected chi connectivity index (χ2v) is 5.63. The number of likely N-dealkylation sites (tertiary alicyclic amines) is 1. The van der Waals surface area contributed by atoms with Crippen molar-refractivity contribution in [2.24, 2.45) is 11.8 Å². The van der Waals surface area contributed by atoms with E-state index in [2.05, 4.69) is 18.7 Å². The molecule has 1 fully saturated rings. The molecule has 1 saturated heterocycles. The molecule has 1 aromatic heterocycles. The molecule has 1 aliphatic rings. The van der Waals surface area contributed by atoms with E-state index in [4.69, 9.17) is 9.52 Å². The van der Waals surface area contributed by atoms with Crippen molar-refractivity contribution < 1.29 is 14.3 Å². The van der Waals surface area contributed by atoms with Gasteiger partial charge >= 0.3 is 5.97 Å². The Bertz CT molecular complexity index is 428. The fourth-order valence-corrected chi connectivity index (χ4v) is 2.98. The first-order valence-corrected chi connectivity index (χ1v) is 6.50. The van der Waals surface area contributed by atoms with Gasteiger partial charge in [0.1, 0.15) is 17.1 Å². The van der Waals surface area contributed by atoms with Crippen LogP contribution in [0.5, 0.6) is 0 Å². The van der Waals surface area contributed by atoms with Crippen molar-refractivity contribution >= 4 is 5.97 Å². The number of hydrogen-bond donors (Lipinski definition) is 1. The van der Waals surface area contributed by atoms with Crippen molar-refractivity contribution in [3.05, 3.63) is 23.2 Å². The van der Waals surface area contributed by atoms with Crippen molar-refractivity contribution in [1.29, 1.82) is 0 Å². The van der Waals surface area contributed by atoms with Crippen LogP contribution in [0.2, 0.25) is 0 Å². The summed E-state index contributed by atoms with van der Waals surface area (Å²) in [7, 11) is 0. The van der Waals surface area contributed by atoms with Gasteiger partial charge in [-0.25, -0.2) is 4.79 Å². The first-order chi connectivity index (χ1) is 8.45. The average molecular weight is 251 g/mol. The molecule has 0 aromatic carbocycles. The average Bonchev–Trinajstić information content (AvgIpc) is 2.57. The highest BCUT2D eigenvalue weighted by atomic mass is 16.4. The summed E-state index contributed by atoms with van der Waals surface area (Å²) in [4.78, 5) is 13.3. The Kier molecular flexibility index (Phi) is 3.76. The number of piperidine rings is 1. The highest BCUT2D eigenvalue weighted by molar-refractivity contribution is 5.88. The Labute approximate surface area is 108 Å². The quantitative estimate of drug-likeness (QED) is 0.897. The lowest BCUT2D eigenvalue weighted by molar-refractivity contribution is 0.0695. The van der Waals surface area contributed by atoms with Gasteiger partial charge in [-0.15, -0.1) is 0 Å². The first kappa shape index (κ1) is 13.1. The molecule has 2 atom stereocenters. The van der Waals surface area contributed by atoms with Crippen LogP contribution in [0.1, 0.15) is 42.1 Å². The molecule has 4 heteroatoms. The van der Waals surface area contributed by atoms with E-state index >= 15 is 0 Å². The lowest BCUT2D eigenvalue weighted by Crippen LogP contribution is -2.37. The zero-order chi connectivity index (χ0) is 13.3. The van der Waals surface area contributed by atoms with E-state index in [-0.39, 0.29) is 5.56 Å². The lowest BCUT2D eigenvalue weighted by Gasteiger charge is -2.34. The number of aryl methyl sites for hydroxylation is 1. The number of carbonyl (C=O) groups is 1. The molecule has 0 saturated carbocycles. The number of aromatic carboxylic acids is 1. The van der Waals surface area contributed by atoms with Crippen LogP contribution in [0.25, 0.3) is 0 Å². The van der Waals surface area contributed by atoms with Crippen molar-refractivity contribution in [2.45, 2.75) is 33.7 Å². The van der Waals surface area contributed by atoms with E-state index in [1.165, 1.54) is 6.42 Å². The van der Waals surface area contributed by atoms with Gasteiger partial charge in [0.05, 0.1) is 6.54 Å². The lowest BCUT2D eigenvalue weighted by atomic mass is 9.92. The molecule has 0 radical (unpaired) electrons. The van der Waals surface area contributed by atoms with E-state index in [0.717, 1.165) is 18.8 Å². The second-order valence-electron chi connectivity index (χ2n) is 5.63. The Morgan fingerprint density at radius 3 is 2.56 bits per heavy atom. The molecule has 0 spiro atoms. The molecule has 4 nitrogen and oxygen atoms in total. The molecule has 1 N–H and O–H groups in total. The van der Waals surface area contributed by atoms with Gasteiger partial charge in [0.2, 0.25) is 0 Å². The highest BCUT2D eigenvalue weighted by Crippen LogP contribution is 2.24. The predicted molar refractivity (Wildman–Crippen MR) is 68.6 cm³/mol. The van der Waals surface area contributed by atoms with Crippen LogP contribution in [0.3, 0.4) is 0 Å². The van der Waals surface area contributed by atoms with Crippen LogP contribution in [-0.2, 0) is 6.54 Å². The number of carboxylic acids is 1. The fourth-order valence-electron chi connectivity index (χ4n) is 2.98. The molecule has 100 valence electrons. The van der Waals surface area contributed by atoms with Crippen molar-refractivity contribution in [3.8, 4) is 0 Å². The van der Waals surface area contributed by atoms with E-state index in [1.54, 1.807) is 13.0 Å². The largest absolute Gasteiger partial charge is 0.478 e. The SMILES string of the molecule is Cc1oc(CN2CC(C)CC(C)C2)cc1C(=O)O. The van der Waals surface area contributed by atoms with Crippen molar-refractivity contribution in [3.63, 3.8) is 0 Å². The van der Waals surface area contributed by atoms with Crippen molar-refractivity contribution in [2.75, 3.05) is 13.1 Å². The molecular weight excluding hydrogens is 230 g/mol. The zero-order valence-electron chi connectivity index (χ0n) is 11.3. The van der Waals surface area contributed by atoms with Gasteiger partial charge in [0.25, 0.3) is 0 Å². The Balaban J connectivity index is 2.05. The fraction of sp³-hybridized carbons (Fsp3) is 0.643. The molecule has 0 aliphatic carbocycles. The van der Waals surface area contributed by atoms with Gasteiger partial charge in [-0.2, -0.15) is 0 Å². The van der Waals surface area contributed by atoms with Crippen LogP contribution in [0.15, 0.2) is 10.5 Å². The minimum atomic E-state index is -0.914. The molecule has 2 heterocycles. The summed E-state index contributed by atoms with van der Waals surface area (Å²) in [5, 5.41) is 9.00. The molecule has 2 unspecified atom stereocenters. The number of carboxylic acid groups (broad SMARTS) is 1. The van der Waals surface area contributed by atoms with Gasteiger partial charge in [-0.3, -0.25) is 4.90 Å². The second kappa shape index (κ2) is 5.14. The molecule has 0 amide bonds. The summed E-state index contributed by atoms with van der Waals surface area (Å²) in [6, 6.07) is 1.65. The van der Waals surface area contributed by atoms with Gasteiger partial charge in [-0.05, 0) is 31.2 Å². The van der Waals surface area contributed by atoms with E-state index in [1.807, 2.05) is 0 Å². The molecule has 18 heavy (non-hydrogen) atoms. The maximum atomic E-state index is 11.0. The zero-order valence-corrected chi connectivity index (χ0v) is 11.3. The smallest absolute Gasteiger partial charge is 0.339 e. The standard InChI is InChI=1S/C14H21NO3/c1-9-4-10(2)7-15(6-9)8-12-5-13(14(16)17)11(3)18-12/h5,9-10H,4,6-8H2,1-3H3,(H,16,17). The molecule has 1 aromatic rings. The Morgan fingerprint density at radius 1 is 1.44 bits per heavy atom. The third-order valence-electron chi connectivity index (χ3n) is 3.52. The monoisotopic (exact) mass is 251 g/mol. The van der Waals surface area contributed by atoms with E-state index < -0.39 is 5.97 Å². The van der Waals surface area contributed by atoms with Crippen LogP contribution in [0.4, 0.5) is 0 Å². The maximum absolute atomic E-state index is 11.0. The molecule has 0 bridgehead atoms. The minimum Gasteiger partial charge on any atom is -0.478 e. The minimum absolute atomic E-state index is 0.281. The number of rotatable bonds is 3. The van der Waals surface area contributed by atoms with E-state index in [9.17, 15) is 4.79 Å². The van der Waals surface area contributed by atoms with Gasteiger partial charge < -0.3 is 9.52 Å². The summed E-state index contributed by atoms with van der Waals surface area (Å²) < 4.78 is 5.53. The molecular formula is C14H21NO3. The Hall–Kier alpha value is -1.29. The summed E-state index contributed by atoms with van der Waals surface area (Å²) in [6.45, 7) is 9.06. The Morgan fingerprint density at radius 2 is 2.06 bits per heavy atom. The van der Waals surface area contributed by atoms with Crippen LogP contribution >= 0.6 is 0 Å². The van der Waals surface area contributed by atoms with Gasteiger partial charge in [0, 0.05) is 13.1 Å². The molecule has 2 rings (SSSR count). The normalized spacial score (nSPS) is 25.3. The summed E-state index contributed by atoms with van der Waals surface area (Å²) in [6.07, 6.45) is 1.27. The van der Waals surface area contributed by atoms with E-state index in [0.29, 0.717) is 24.1 Å². The summed E-state index contributed by atoms with van der Waals surface area (Å²) in [5.74, 6) is 1.73. The number of furan rings is 1. The highest BCUT2D eigenvalue weighted by Gasteiger charge is 2.23. The molecule has 1 aliphatic heterocycles. The number of hydrogen-bond acceptors (Lipinski definition) is 3.